The fraction of sp³-hybridized carbons (Fsp3) is 0.310. The highest BCUT2D eigenvalue weighted by molar-refractivity contribution is 6.36. The van der Waals surface area contributed by atoms with Gasteiger partial charge in [0.05, 0.1) is 19.8 Å². The zero-order chi connectivity index (χ0) is 28.7. The Morgan fingerprint density at radius 3 is 2.33 bits per heavy atom. The van der Waals surface area contributed by atoms with Crippen LogP contribution in [-0.2, 0) is 18.9 Å². The van der Waals surface area contributed by atoms with Crippen molar-refractivity contribution in [2.75, 3.05) is 19.5 Å². The maximum atomic E-state index is 14.7. The van der Waals surface area contributed by atoms with E-state index in [1.807, 2.05) is 18.2 Å². The molecule has 1 spiro atoms. The van der Waals surface area contributed by atoms with Gasteiger partial charge in [0.25, 0.3) is 5.56 Å². The summed E-state index contributed by atoms with van der Waals surface area (Å²) in [5.74, 6) is -1.91. The van der Waals surface area contributed by atoms with Gasteiger partial charge in [-0.05, 0) is 12.0 Å². The van der Waals surface area contributed by atoms with Crippen molar-refractivity contribution in [3.63, 3.8) is 0 Å². The number of benzene rings is 2. The number of methoxy groups -OCH3 is 2. The molecule has 0 saturated carbocycles. The number of ketones is 2. The van der Waals surface area contributed by atoms with Crippen LogP contribution in [0.1, 0.15) is 40.7 Å². The second-order valence-electron chi connectivity index (χ2n) is 10.2. The van der Waals surface area contributed by atoms with Crippen LogP contribution in [0.25, 0.3) is 0 Å². The maximum Gasteiger partial charge on any atom is 0.332 e. The van der Waals surface area contributed by atoms with Gasteiger partial charge in [0, 0.05) is 43.3 Å². The summed E-state index contributed by atoms with van der Waals surface area (Å²) in [5, 5.41) is 3.26. The van der Waals surface area contributed by atoms with Crippen molar-refractivity contribution in [3.05, 3.63) is 90.2 Å². The summed E-state index contributed by atoms with van der Waals surface area (Å²) in [6.45, 7) is 1.75. The van der Waals surface area contributed by atoms with Gasteiger partial charge in [-0.1, -0.05) is 48.9 Å². The zero-order valence-corrected chi connectivity index (χ0v) is 23.2. The van der Waals surface area contributed by atoms with E-state index in [-0.39, 0.29) is 45.4 Å². The minimum Gasteiger partial charge on any atom is -0.496 e. The van der Waals surface area contributed by atoms with E-state index in [1.54, 1.807) is 26.1 Å². The van der Waals surface area contributed by atoms with Crippen molar-refractivity contribution < 1.29 is 23.8 Å². The standard InChI is InChI=1S/C29H26ClN3O7/c1-13-11-15-19(24(34)29(13)25(35)20-16(38-4)12-17(39-5)22(30)23(20)40-29)18(14-9-7-6-8-10-14)21-26(31-15)32(2)28(37)33(3)27(21)36/h6-10,12-13,18,31H,11H2,1-5H3/t13-,18?,29+/m1/s1. The molecule has 0 amide bonds. The van der Waals surface area contributed by atoms with Crippen molar-refractivity contribution in [2.45, 2.75) is 24.9 Å². The molecule has 1 aliphatic carbocycles. The lowest BCUT2D eigenvalue weighted by molar-refractivity contribution is -0.130. The van der Waals surface area contributed by atoms with Crippen LogP contribution in [0.2, 0.25) is 5.02 Å². The number of Topliss-reactive ketones (excluding diaryl/α,β-unsaturated/α-hetero) is 2. The fourth-order valence-electron chi connectivity index (χ4n) is 6.17. The van der Waals surface area contributed by atoms with Crippen LogP contribution in [0.5, 0.6) is 17.2 Å². The molecule has 1 unspecified atom stereocenters. The minimum atomic E-state index is -1.94. The van der Waals surface area contributed by atoms with Gasteiger partial charge in [0.15, 0.2) is 5.75 Å². The molecule has 6 rings (SSSR count). The van der Waals surface area contributed by atoms with Crippen LogP contribution >= 0.6 is 11.6 Å². The second-order valence-corrected chi connectivity index (χ2v) is 10.6. The molecule has 0 fully saturated rings. The number of allylic oxidation sites excluding steroid dienone is 1. The first-order chi connectivity index (χ1) is 19.1. The molecule has 3 aliphatic rings. The summed E-state index contributed by atoms with van der Waals surface area (Å²) in [7, 11) is 5.79. The first kappa shape index (κ1) is 25.9. The number of aromatic nitrogens is 2. The molecule has 3 heterocycles. The Kier molecular flexibility index (Phi) is 5.74. The predicted molar refractivity (Wildman–Crippen MR) is 147 cm³/mol. The highest BCUT2D eigenvalue weighted by Gasteiger charge is 2.63. The molecular weight excluding hydrogens is 538 g/mol. The molecule has 206 valence electrons. The average molecular weight is 564 g/mol. The number of carbonyl (C=O) groups is 2. The van der Waals surface area contributed by atoms with Crippen molar-refractivity contribution >= 4 is 29.0 Å². The van der Waals surface area contributed by atoms with Crippen molar-refractivity contribution in [1.82, 2.24) is 9.13 Å². The molecule has 2 aliphatic heterocycles. The summed E-state index contributed by atoms with van der Waals surface area (Å²) < 4.78 is 19.5. The summed E-state index contributed by atoms with van der Waals surface area (Å²) in [4.78, 5) is 55.4. The lowest BCUT2D eigenvalue weighted by atomic mass is 9.66. The number of ether oxygens (including phenoxy) is 3. The third kappa shape index (κ3) is 3.16. The number of nitrogens with one attached hydrogen (secondary N) is 1. The van der Waals surface area contributed by atoms with Crippen LogP contribution in [0.15, 0.2) is 57.3 Å². The number of hydrogen-bond donors (Lipinski definition) is 1. The molecule has 0 saturated heterocycles. The molecule has 10 nitrogen and oxygen atoms in total. The van der Waals surface area contributed by atoms with Crippen molar-refractivity contribution in [1.29, 1.82) is 0 Å². The number of halogens is 1. The summed E-state index contributed by atoms with van der Waals surface area (Å²) in [5.41, 5.74) is -1.27. The highest BCUT2D eigenvalue weighted by atomic mass is 35.5. The normalized spacial score (nSPS) is 22.9. The molecule has 3 aromatic rings. The largest absolute Gasteiger partial charge is 0.496 e. The van der Waals surface area contributed by atoms with E-state index in [0.29, 0.717) is 17.1 Å². The van der Waals surface area contributed by atoms with E-state index in [2.05, 4.69) is 5.32 Å². The average Bonchev–Trinajstić information content (AvgIpc) is 3.28. The quantitative estimate of drug-likeness (QED) is 0.483. The Balaban J connectivity index is 1.61. The van der Waals surface area contributed by atoms with Gasteiger partial charge in [-0.3, -0.25) is 23.5 Å². The van der Waals surface area contributed by atoms with E-state index >= 15 is 0 Å². The second kappa shape index (κ2) is 8.85. The number of hydrogen-bond acceptors (Lipinski definition) is 8. The first-order valence-corrected chi connectivity index (χ1v) is 13.0. The molecule has 0 bridgehead atoms. The highest BCUT2D eigenvalue weighted by Crippen LogP contribution is 2.56. The number of anilines is 1. The third-order valence-electron chi connectivity index (χ3n) is 8.21. The molecule has 1 N–H and O–H groups in total. The number of carbonyl (C=O) groups excluding carboxylic acids is 2. The summed E-state index contributed by atoms with van der Waals surface area (Å²) in [6.07, 6.45) is 0.226. The molecule has 3 atom stereocenters. The van der Waals surface area contributed by atoms with E-state index in [1.165, 1.54) is 31.9 Å². The molecule has 11 heteroatoms. The minimum absolute atomic E-state index is 0.0193. The van der Waals surface area contributed by atoms with Gasteiger partial charge in [0.1, 0.15) is 27.9 Å². The van der Waals surface area contributed by atoms with Gasteiger partial charge in [-0.25, -0.2) is 4.79 Å². The van der Waals surface area contributed by atoms with E-state index in [4.69, 9.17) is 25.8 Å². The summed E-state index contributed by atoms with van der Waals surface area (Å²) in [6, 6.07) is 10.5. The van der Waals surface area contributed by atoms with Gasteiger partial charge in [0.2, 0.25) is 17.2 Å². The Hall–Kier alpha value is -4.31. The Morgan fingerprint density at radius 2 is 1.68 bits per heavy atom. The number of nitrogens with zero attached hydrogens (tertiary/aromatic N) is 2. The number of rotatable bonds is 3. The maximum absolute atomic E-state index is 14.7. The molecule has 2 aromatic carbocycles. The molecule has 40 heavy (non-hydrogen) atoms. The van der Waals surface area contributed by atoms with Crippen LogP contribution in [0.4, 0.5) is 5.82 Å². The van der Waals surface area contributed by atoms with Crippen LogP contribution in [-0.4, -0.2) is 40.5 Å². The van der Waals surface area contributed by atoms with Gasteiger partial charge >= 0.3 is 5.69 Å². The van der Waals surface area contributed by atoms with E-state index in [9.17, 15) is 19.2 Å². The monoisotopic (exact) mass is 563 g/mol. The van der Waals surface area contributed by atoms with Crippen LogP contribution < -0.4 is 30.8 Å². The van der Waals surface area contributed by atoms with Gasteiger partial charge < -0.3 is 19.5 Å². The van der Waals surface area contributed by atoms with Gasteiger partial charge in [-0.15, -0.1) is 0 Å². The Morgan fingerprint density at radius 1 is 1.00 bits per heavy atom. The number of fused-ring (bicyclic) bond motifs is 2. The van der Waals surface area contributed by atoms with Crippen LogP contribution in [0, 0.1) is 5.92 Å². The zero-order valence-electron chi connectivity index (χ0n) is 22.5. The first-order valence-electron chi connectivity index (χ1n) is 12.7. The molecular formula is C29H26ClN3O7. The van der Waals surface area contributed by atoms with Crippen molar-refractivity contribution in [2.24, 2.45) is 20.0 Å². The Labute approximate surface area is 233 Å². The van der Waals surface area contributed by atoms with Crippen molar-refractivity contribution in [3.8, 4) is 17.2 Å². The summed E-state index contributed by atoms with van der Waals surface area (Å²) >= 11 is 6.58. The van der Waals surface area contributed by atoms with E-state index < -0.39 is 40.3 Å². The SMILES string of the molecule is COc1cc(OC)c2c(c1Cl)O[C@@]1(C(=O)C3=C(C[C@H]1C)Nc1c(c(=O)n(C)c(=O)n1C)C3c1ccccc1)C2=O. The molecule has 0 radical (unpaired) electrons. The van der Waals surface area contributed by atoms with Gasteiger partial charge in [-0.2, -0.15) is 0 Å². The third-order valence-corrected chi connectivity index (χ3v) is 8.57. The smallest absolute Gasteiger partial charge is 0.332 e. The Bertz CT molecular complexity index is 1790. The topological polar surface area (TPSA) is 118 Å². The fourth-order valence-corrected chi connectivity index (χ4v) is 6.43. The van der Waals surface area contributed by atoms with Crippen LogP contribution in [0.3, 0.4) is 0 Å². The predicted octanol–water partition coefficient (Wildman–Crippen LogP) is 3.19. The lowest BCUT2D eigenvalue weighted by Gasteiger charge is -2.42. The lowest BCUT2D eigenvalue weighted by Crippen LogP contribution is -2.58. The van der Waals surface area contributed by atoms with E-state index in [0.717, 1.165) is 4.57 Å². The molecule has 1 aromatic heterocycles.